The number of aliphatic hydroxyl groups is 1. The van der Waals surface area contributed by atoms with Crippen LogP contribution in [-0.2, 0) is 30.3 Å². The summed E-state index contributed by atoms with van der Waals surface area (Å²) in [6.07, 6.45) is 2.81. The van der Waals surface area contributed by atoms with Gasteiger partial charge in [0, 0.05) is 25.8 Å². The monoisotopic (exact) mass is 500 g/mol. The molecule has 6 atom stereocenters. The molecule has 36 heavy (non-hydrogen) atoms. The van der Waals surface area contributed by atoms with Gasteiger partial charge in [0.05, 0.1) is 12.0 Å². The van der Waals surface area contributed by atoms with Crippen molar-refractivity contribution in [2.24, 2.45) is 11.8 Å². The average Bonchev–Trinajstić information content (AvgIpc) is 3.34. The first-order valence-electron chi connectivity index (χ1n) is 13.2. The fourth-order valence-electron chi connectivity index (χ4n) is 5.10. The Morgan fingerprint density at radius 2 is 1.92 bits per heavy atom. The fourth-order valence-corrected chi connectivity index (χ4v) is 5.10. The molecule has 0 aromatic heterocycles. The van der Waals surface area contributed by atoms with Crippen molar-refractivity contribution in [2.75, 3.05) is 6.54 Å². The van der Waals surface area contributed by atoms with E-state index >= 15 is 0 Å². The topological polar surface area (TPSA) is 113 Å². The molecule has 2 saturated heterocycles. The highest BCUT2D eigenvalue weighted by Crippen LogP contribution is 2.27. The predicted octanol–water partition coefficient (Wildman–Crippen LogP) is 2.80. The molecule has 0 spiro atoms. The van der Waals surface area contributed by atoms with Crippen molar-refractivity contribution in [3.8, 4) is 0 Å². The van der Waals surface area contributed by atoms with Gasteiger partial charge >= 0.3 is 5.97 Å². The van der Waals surface area contributed by atoms with Crippen molar-refractivity contribution >= 4 is 23.6 Å². The van der Waals surface area contributed by atoms with Crippen LogP contribution in [0.15, 0.2) is 30.3 Å². The molecule has 1 aromatic rings. The fraction of sp³-hybridized carbons (Fsp3) is 0.643. The number of cyclic esters (lactones) is 1. The second-order valence-electron chi connectivity index (χ2n) is 10.4. The Morgan fingerprint density at radius 1 is 1.19 bits per heavy atom. The molecule has 1 aromatic carbocycles. The Hall–Kier alpha value is -2.74. The van der Waals surface area contributed by atoms with E-state index in [2.05, 4.69) is 5.32 Å². The number of aliphatic hydroxyl groups excluding tert-OH is 1. The van der Waals surface area contributed by atoms with E-state index in [-0.39, 0.29) is 24.0 Å². The molecule has 0 radical (unpaired) electrons. The van der Waals surface area contributed by atoms with Gasteiger partial charge in [-0.25, -0.2) is 4.79 Å². The van der Waals surface area contributed by atoms with Gasteiger partial charge in [0.2, 0.25) is 11.8 Å². The van der Waals surface area contributed by atoms with Crippen molar-refractivity contribution in [2.45, 2.75) is 96.4 Å². The number of esters is 1. The lowest BCUT2D eigenvalue weighted by molar-refractivity contribution is -0.163. The second kappa shape index (κ2) is 13.0. The third-order valence-electron chi connectivity index (χ3n) is 7.51. The summed E-state index contributed by atoms with van der Waals surface area (Å²) < 4.78 is 5.94. The average molecular weight is 501 g/mol. The van der Waals surface area contributed by atoms with Gasteiger partial charge < -0.3 is 24.9 Å². The summed E-state index contributed by atoms with van der Waals surface area (Å²) in [5.74, 6) is -1.85. The zero-order chi connectivity index (χ0) is 26.2. The first-order valence-corrected chi connectivity index (χ1v) is 13.2. The third kappa shape index (κ3) is 7.38. The maximum Gasteiger partial charge on any atom is 0.329 e. The molecule has 2 heterocycles. The molecule has 0 aliphatic carbocycles. The van der Waals surface area contributed by atoms with Gasteiger partial charge in [-0.15, -0.1) is 0 Å². The van der Waals surface area contributed by atoms with E-state index in [4.69, 9.17) is 4.74 Å². The molecule has 2 aliphatic rings. The standard InChI is InChI=1S/C28H40N2O6/c1-18(10-7-8-11-19(2)31)25-17-24(32)20(3)26(33)29-22(16-21-12-5-4-6-13-21)27(34)30-15-9-14-23(30)28(35)36-25/h4-6,12-13,18,20,22-25,32H,7-11,14-17H2,1-3H3,(H,29,33)/t18-,20+,22-,23+,24+,25-/m1/s1. The van der Waals surface area contributed by atoms with Gasteiger partial charge in [-0.1, -0.05) is 50.6 Å². The largest absolute Gasteiger partial charge is 0.460 e. The molecule has 2 fully saturated rings. The van der Waals surface area contributed by atoms with Crippen molar-refractivity contribution < 1.29 is 29.0 Å². The summed E-state index contributed by atoms with van der Waals surface area (Å²) in [5, 5.41) is 13.8. The number of benzene rings is 1. The van der Waals surface area contributed by atoms with Crippen molar-refractivity contribution in [3.63, 3.8) is 0 Å². The smallest absolute Gasteiger partial charge is 0.329 e. The molecule has 2 N–H and O–H groups in total. The highest BCUT2D eigenvalue weighted by Gasteiger charge is 2.41. The first kappa shape index (κ1) is 27.8. The third-order valence-corrected chi connectivity index (χ3v) is 7.51. The number of ketones is 1. The minimum atomic E-state index is -1.03. The summed E-state index contributed by atoms with van der Waals surface area (Å²) >= 11 is 0. The number of unbranched alkanes of at least 4 members (excludes halogenated alkanes) is 1. The van der Waals surface area contributed by atoms with E-state index < -0.39 is 42.1 Å². The van der Waals surface area contributed by atoms with Crippen LogP contribution in [0.2, 0.25) is 0 Å². The highest BCUT2D eigenvalue weighted by molar-refractivity contribution is 5.92. The number of amides is 2. The SMILES string of the molecule is CC(=O)CCCC[C@@H](C)[C@H]1C[C@H](O)[C@H](C)C(=O)N[C@H](Cc2ccccc2)C(=O)N2CCC[C@H]2C(=O)O1. The van der Waals surface area contributed by atoms with Crippen molar-refractivity contribution in [1.82, 2.24) is 10.2 Å². The zero-order valence-corrected chi connectivity index (χ0v) is 21.7. The maximum absolute atomic E-state index is 13.6. The lowest BCUT2D eigenvalue weighted by Crippen LogP contribution is -2.55. The lowest BCUT2D eigenvalue weighted by Gasteiger charge is -2.34. The molecule has 0 bridgehead atoms. The normalized spacial score (nSPS) is 28.4. The molecule has 8 heteroatoms. The number of hydrogen-bond acceptors (Lipinski definition) is 6. The van der Waals surface area contributed by atoms with E-state index in [0.29, 0.717) is 32.2 Å². The molecular formula is C28H40N2O6. The second-order valence-corrected chi connectivity index (χ2v) is 10.4. The van der Waals surface area contributed by atoms with Crippen LogP contribution in [-0.4, -0.2) is 64.4 Å². The van der Waals surface area contributed by atoms with Crippen LogP contribution < -0.4 is 5.32 Å². The summed E-state index contributed by atoms with van der Waals surface area (Å²) in [5.41, 5.74) is 0.897. The van der Waals surface area contributed by atoms with Crippen LogP contribution in [0.4, 0.5) is 0 Å². The highest BCUT2D eigenvalue weighted by atomic mass is 16.5. The molecule has 0 saturated carbocycles. The molecule has 0 unspecified atom stereocenters. The van der Waals surface area contributed by atoms with Gasteiger partial charge in [0.15, 0.2) is 0 Å². The minimum Gasteiger partial charge on any atom is -0.460 e. The number of fused-ring (bicyclic) bond motifs is 1. The quantitative estimate of drug-likeness (QED) is 0.419. The van der Waals surface area contributed by atoms with Crippen LogP contribution in [0.1, 0.15) is 71.3 Å². The Bertz CT molecular complexity index is 920. The van der Waals surface area contributed by atoms with E-state index in [1.165, 1.54) is 0 Å². The number of rotatable bonds is 8. The number of nitrogens with zero attached hydrogens (tertiary/aromatic N) is 1. The van der Waals surface area contributed by atoms with Gasteiger partial charge in [-0.2, -0.15) is 0 Å². The summed E-state index contributed by atoms with van der Waals surface area (Å²) in [6, 6.07) is 7.89. The number of carbonyl (C=O) groups excluding carboxylic acids is 4. The molecule has 3 rings (SSSR count). The Morgan fingerprint density at radius 3 is 2.61 bits per heavy atom. The Balaban J connectivity index is 1.81. The van der Waals surface area contributed by atoms with Gasteiger partial charge in [0.1, 0.15) is 24.0 Å². The summed E-state index contributed by atoms with van der Waals surface area (Å²) in [6.45, 7) is 5.59. The number of Topliss-reactive ketones (excluding diaryl/α,β-unsaturated/α-hetero) is 1. The number of ether oxygens (including phenoxy) is 1. The molecular weight excluding hydrogens is 460 g/mol. The first-order chi connectivity index (χ1) is 17.2. The minimum absolute atomic E-state index is 0.0647. The number of carbonyl (C=O) groups is 4. The zero-order valence-electron chi connectivity index (χ0n) is 21.7. The summed E-state index contributed by atoms with van der Waals surface area (Å²) in [7, 11) is 0. The van der Waals surface area contributed by atoms with Gasteiger partial charge in [-0.05, 0) is 44.1 Å². The molecule has 2 amide bonds. The van der Waals surface area contributed by atoms with Crippen LogP contribution in [0.25, 0.3) is 0 Å². The Labute approximate surface area is 213 Å². The van der Waals surface area contributed by atoms with E-state index in [9.17, 15) is 24.3 Å². The van der Waals surface area contributed by atoms with Gasteiger partial charge in [-0.3, -0.25) is 9.59 Å². The van der Waals surface area contributed by atoms with Crippen LogP contribution in [0.3, 0.4) is 0 Å². The van der Waals surface area contributed by atoms with Crippen molar-refractivity contribution in [1.29, 1.82) is 0 Å². The van der Waals surface area contributed by atoms with Crippen LogP contribution in [0.5, 0.6) is 0 Å². The molecule has 2 aliphatic heterocycles. The van der Waals surface area contributed by atoms with E-state index in [0.717, 1.165) is 24.8 Å². The maximum atomic E-state index is 13.6. The summed E-state index contributed by atoms with van der Waals surface area (Å²) in [4.78, 5) is 52.8. The van der Waals surface area contributed by atoms with Crippen LogP contribution in [0, 0.1) is 11.8 Å². The van der Waals surface area contributed by atoms with E-state index in [1.807, 2.05) is 37.3 Å². The van der Waals surface area contributed by atoms with Crippen LogP contribution >= 0.6 is 0 Å². The Kier molecular flexibility index (Phi) is 10.0. The van der Waals surface area contributed by atoms with Crippen molar-refractivity contribution in [3.05, 3.63) is 35.9 Å². The predicted molar refractivity (Wildman–Crippen MR) is 135 cm³/mol. The molecule has 198 valence electrons. The number of nitrogens with one attached hydrogen (secondary N) is 1. The number of hydrogen-bond donors (Lipinski definition) is 2. The van der Waals surface area contributed by atoms with E-state index in [1.54, 1.807) is 18.7 Å². The lowest BCUT2D eigenvalue weighted by atomic mass is 9.89. The van der Waals surface area contributed by atoms with Gasteiger partial charge in [0.25, 0.3) is 0 Å². The molecule has 8 nitrogen and oxygen atoms in total.